The van der Waals surface area contributed by atoms with Crippen LogP contribution in [0.3, 0.4) is 0 Å². The molecule has 1 N–H and O–H groups in total. The number of fused-ring (bicyclic) bond motifs is 1. The Morgan fingerprint density at radius 1 is 1.36 bits per heavy atom. The fraction of sp³-hybridized carbons (Fsp3) is 0.562. The van der Waals surface area contributed by atoms with Crippen LogP contribution in [0.2, 0.25) is 0 Å². The van der Waals surface area contributed by atoms with E-state index < -0.39 is 17.8 Å². The maximum absolute atomic E-state index is 13.1. The van der Waals surface area contributed by atoms with Crippen molar-refractivity contribution in [1.82, 2.24) is 20.3 Å². The number of amides is 1. The van der Waals surface area contributed by atoms with E-state index >= 15 is 0 Å². The molecule has 0 saturated carbocycles. The van der Waals surface area contributed by atoms with Crippen molar-refractivity contribution in [2.24, 2.45) is 0 Å². The maximum atomic E-state index is 13.1. The first-order valence-corrected chi connectivity index (χ1v) is 8.25. The lowest BCUT2D eigenvalue weighted by Crippen LogP contribution is -2.28. The van der Waals surface area contributed by atoms with Crippen LogP contribution in [0.25, 0.3) is 0 Å². The number of halogens is 3. The number of carbonyl (C=O) groups is 1. The number of hydrogen-bond acceptors (Lipinski definition) is 4. The highest BCUT2D eigenvalue weighted by Gasteiger charge is 2.39. The Morgan fingerprint density at radius 3 is 2.80 bits per heavy atom. The van der Waals surface area contributed by atoms with Crippen LogP contribution in [0, 0.1) is 0 Å². The molecule has 1 aliphatic carbocycles. The number of alkyl halides is 3. The first-order valence-electron chi connectivity index (χ1n) is 8.25. The molecule has 2 heterocycles. The number of aromatic nitrogens is 3. The van der Waals surface area contributed by atoms with Gasteiger partial charge in [-0.2, -0.15) is 18.3 Å². The molecule has 25 heavy (non-hydrogen) atoms. The van der Waals surface area contributed by atoms with Gasteiger partial charge in [-0.05, 0) is 32.1 Å². The van der Waals surface area contributed by atoms with Gasteiger partial charge in [0.05, 0.1) is 12.2 Å². The first kappa shape index (κ1) is 17.5. The van der Waals surface area contributed by atoms with Crippen molar-refractivity contribution in [3.05, 3.63) is 34.5 Å². The summed E-state index contributed by atoms with van der Waals surface area (Å²) < 4.78 is 45.7. The van der Waals surface area contributed by atoms with Crippen LogP contribution in [-0.4, -0.2) is 20.8 Å². The molecule has 0 aliphatic heterocycles. The molecular formula is C16H19F3N4O2. The van der Waals surface area contributed by atoms with Gasteiger partial charge in [0.1, 0.15) is 6.54 Å². The topological polar surface area (TPSA) is 73.0 Å². The minimum absolute atomic E-state index is 0.140. The van der Waals surface area contributed by atoms with Gasteiger partial charge in [-0.3, -0.25) is 9.48 Å². The van der Waals surface area contributed by atoms with E-state index in [4.69, 9.17) is 4.52 Å². The summed E-state index contributed by atoms with van der Waals surface area (Å²) in [6.45, 7) is 1.83. The zero-order chi connectivity index (χ0) is 18.0. The van der Waals surface area contributed by atoms with E-state index in [9.17, 15) is 18.0 Å². The fourth-order valence-corrected chi connectivity index (χ4v) is 3.01. The zero-order valence-corrected chi connectivity index (χ0v) is 13.8. The average molecular weight is 356 g/mol. The van der Waals surface area contributed by atoms with Crippen molar-refractivity contribution >= 4 is 5.91 Å². The van der Waals surface area contributed by atoms with Crippen molar-refractivity contribution in [3.8, 4) is 0 Å². The van der Waals surface area contributed by atoms with E-state index in [1.54, 1.807) is 6.07 Å². The fourth-order valence-electron chi connectivity index (χ4n) is 3.01. The van der Waals surface area contributed by atoms with Gasteiger partial charge in [-0.25, -0.2) is 0 Å². The number of hydrogen-bond donors (Lipinski definition) is 1. The van der Waals surface area contributed by atoms with Gasteiger partial charge < -0.3 is 9.84 Å². The third-order valence-electron chi connectivity index (χ3n) is 4.25. The standard InChI is InChI=1S/C16H19F3N4O2/c1-2-10-7-11(25-22-10)8-20-14(24)9-23-13-6-4-3-5-12(13)15(21-23)16(17,18)19/h7H,2-6,8-9H2,1H3,(H,20,24). The van der Waals surface area contributed by atoms with Crippen molar-refractivity contribution in [2.45, 2.75) is 58.3 Å². The first-order chi connectivity index (χ1) is 11.9. The summed E-state index contributed by atoms with van der Waals surface area (Å²) >= 11 is 0. The molecule has 1 amide bonds. The summed E-state index contributed by atoms with van der Waals surface area (Å²) in [5.74, 6) is 0.0859. The maximum Gasteiger partial charge on any atom is 0.435 e. The lowest BCUT2D eigenvalue weighted by molar-refractivity contribution is -0.142. The largest absolute Gasteiger partial charge is 0.435 e. The number of carbonyl (C=O) groups excluding carboxylic acids is 1. The van der Waals surface area contributed by atoms with Crippen LogP contribution in [0.15, 0.2) is 10.6 Å². The normalized spacial score (nSPS) is 14.4. The number of aryl methyl sites for hydroxylation is 1. The second-order valence-corrected chi connectivity index (χ2v) is 6.05. The third kappa shape index (κ3) is 3.85. The predicted octanol–water partition coefficient (Wildman–Crippen LogP) is 2.65. The molecule has 2 aromatic rings. The Labute approximate surface area is 142 Å². The highest BCUT2D eigenvalue weighted by atomic mass is 19.4. The van der Waals surface area contributed by atoms with Crippen molar-refractivity contribution in [1.29, 1.82) is 0 Å². The average Bonchev–Trinajstić information content (AvgIpc) is 3.17. The molecule has 9 heteroatoms. The van der Waals surface area contributed by atoms with Crippen molar-refractivity contribution in [2.75, 3.05) is 0 Å². The lowest BCUT2D eigenvalue weighted by Gasteiger charge is -2.14. The van der Waals surface area contributed by atoms with E-state index in [1.807, 2.05) is 6.92 Å². The van der Waals surface area contributed by atoms with Crippen molar-refractivity contribution in [3.63, 3.8) is 0 Å². The molecule has 2 aromatic heterocycles. The summed E-state index contributed by atoms with van der Waals surface area (Å²) in [4.78, 5) is 12.1. The van der Waals surface area contributed by atoms with Crippen LogP contribution in [0.1, 0.15) is 48.2 Å². The molecule has 0 atom stereocenters. The van der Waals surface area contributed by atoms with Gasteiger partial charge >= 0.3 is 6.18 Å². The number of rotatable bonds is 5. The quantitative estimate of drug-likeness (QED) is 0.894. The Morgan fingerprint density at radius 2 is 2.12 bits per heavy atom. The van der Waals surface area contributed by atoms with Crippen LogP contribution in [-0.2, 0) is 43.3 Å². The zero-order valence-electron chi connectivity index (χ0n) is 13.8. The highest BCUT2D eigenvalue weighted by molar-refractivity contribution is 5.75. The van der Waals surface area contributed by atoms with Gasteiger partial charge in [0.25, 0.3) is 0 Å². The SMILES string of the molecule is CCc1cc(CNC(=O)Cn2nc(C(F)(F)F)c3c2CCCC3)on1. The summed E-state index contributed by atoms with van der Waals surface area (Å²) in [6.07, 6.45) is -1.41. The Kier molecular flexibility index (Phi) is 4.82. The van der Waals surface area contributed by atoms with Gasteiger partial charge in [0, 0.05) is 17.3 Å². The molecule has 0 unspecified atom stereocenters. The van der Waals surface area contributed by atoms with Crippen LogP contribution >= 0.6 is 0 Å². The molecule has 136 valence electrons. The Balaban J connectivity index is 1.69. The smallest absolute Gasteiger partial charge is 0.359 e. The molecule has 0 fully saturated rings. The predicted molar refractivity (Wildman–Crippen MR) is 81.6 cm³/mol. The van der Waals surface area contributed by atoms with E-state index in [0.29, 0.717) is 30.7 Å². The molecule has 0 saturated heterocycles. The van der Waals surface area contributed by atoms with E-state index in [-0.39, 0.29) is 18.7 Å². The van der Waals surface area contributed by atoms with E-state index in [1.165, 1.54) is 4.68 Å². The second-order valence-electron chi connectivity index (χ2n) is 6.05. The second kappa shape index (κ2) is 6.89. The Bertz CT molecular complexity index is 764. The van der Waals surface area contributed by atoms with Crippen molar-refractivity contribution < 1.29 is 22.5 Å². The van der Waals surface area contributed by atoms with Gasteiger partial charge in [-0.15, -0.1) is 0 Å². The van der Waals surface area contributed by atoms with Gasteiger partial charge in [0.2, 0.25) is 5.91 Å². The number of nitrogens with one attached hydrogen (secondary N) is 1. The monoisotopic (exact) mass is 356 g/mol. The summed E-state index contributed by atoms with van der Waals surface area (Å²) in [5.41, 5.74) is 0.661. The van der Waals surface area contributed by atoms with Crippen LogP contribution in [0.5, 0.6) is 0 Å². The third-order valence-corrected chi connectivity index (χ3v) is 4.25. The molecule has 0 spiro atoms. The van der Waals surface area contributed by atoms with E-state index in [2.05, 4.69) is 15.6 Å². The molecule has 0 bridgehead atoms. The molecule has 1 aliphatic rings. The van der Waals surface area contributed by atoms with E-state index in [0.717, 1.165) is 18.5 Å². The molecular weight excluding hydrogens is 337 g/mol. The Hall–Kier alpha value is -2.32. The minimum Gasteiger partial charge on any atom is -0.359 e. The molecule has 3 rings (SSSR count). The summed E-state index contributed by atoms with van der Waals surface area (Å²) in [6, 6.07) is 1.73. The van der Waals surface area contributed by atoms with Crippen LogP contribution in [0.4, 0.5) is 13.2 Å². The lowest BCUT2D eigenvalue weighted by atomic mass is 9.95. The van der Waals surface area contributed by atoms with Crippen LogP contribution < -0.4 is 5.32 Å². The summed E-state index contributed by atoms with van der Waals surface area (Å²) in [5, 5.41) is 10.1. The minimum atomic E-state index is -4.50. The van der Waals surface area contributed by atoms with Gasteiger partial charge in [-0.1, -0.05) is 12.1 Å². The molecule has 0 radical (unpaired) electrons. The molecule has 6 nitrogen and oxygen atoms in total. The molecule has 0 aromatic carbocycles. The van der Waals surface area contributed by atoms with Gasteiger partial charge in [0.15, 0.2) is 11.5 Å². The summed E-state index contributed by atoms with van der Waals surface area (Å²) in [7, 11) is 0. The highest BCUT2D eigenvalue weighted by Crippen LogP contribution is 2.35. The number of nitrogens with zero attached hydrogens (tertiary/aromatic N) is 3.